The van der Waals surface area contributed by atoms with Crippen molar-refractivity contribution in [3.63, 3.8) is 0 Å². The molecular formula is C12H18NO7Si. The highest BCUT2D eigenvalue weighted by atomic mass is 28.1. The van der Waals surface area contributed by atoms with Crippen molar-refractivity contribution in [2.45, 2.75) is 25.3 Å². The second-order valence-electron chi connectivity index (χ2n) is 4.10. The largest absolute Gasteiger partial charge is 0.534 e. The van der Waals surface area contributed by atoms with E-state index in [4.69, 9.17) is 9.47 Å². The molecule has 9 heteroatoms. The molecule has 0 saturated carbocycles. The first-order valence-electron chi connectivity index (χ1n) is 6.65. The van der Waals surface area contributed by atoms with Crippen LogP contribution in [0.15, 0.2) is 0 Å². The number of amides is 2. The maximum atomic E-state index is 11.2. The lowest BCUT2D eigenvalue weighted by Gasteiger charge is -2.12. The standard InChI is InChI=1S/C12H18NO7Si/c14-10-2-3-11(15)13(10)20-12(16)19-8-7-18-6-5-17-4-1-9-21/h1-9H2. The van der Waals surface area contributed by atoms with Crippen molar-refractivity contribution in [1.82, 2.24) is 5.06 Å². The molecule has 117 valence electrons. The van der Waals surface area contributed by atoms with Crippen molar-refractivity contribution >= 4 is 28.2 Å². The van der Waals surface area contributed by atoms with Crippen molar-refractivity contribution < 1.29 is 33.4 Å². The minimum absolute atomic E-state index is 0.0316. The van der Waals surface area contributed by atoms with Crippen molar-refractivity contribution in [2.75, 3.05) is 33.0 Å². The molecule has 0 N–H and O–H groups in total. The highest BCUT2D eigenvalue weighted by Crippen LogP contribution is 2.12. The molecule has 0 aromatic rings. The Hall–Kier alpha value is -1.45. The molecule has 1 rings (SSSR count). The fourth-order valence-electron chi connectivity index (χ4n) is 1.44. The van der Waals surface area contributed by atoms with Gasteiger partial charge in [-0.1, -0.05) is 11.1 Å². The van der Waals surface area contributed by atoms with Gasteiger partial charge < -0.3 is 14.2 Å². The molecule has 0 bridgehead atoms. The van der Waals surface area contributed by atoms with Crippen LogP contribution in [0.3, 0.4) is 0 Å². The lowest BCUT2D eigenvalue weighted by molar-refractivity contribution is -0.177. The van der Waals surface area contributed by atoms with Crippen molar-refractivity contribution in [2.24, 2.45) is 0 Å². The van der Waals surface area contributed by atoms with Gasteiger partial charge in [0.2, 0.25) is 0 Å². The van der Waals surface area contributed by atoms with E-state index in [-0.39, 0.29) is 26.1 Å². The summed E-state index contributed by atoms with van der Waals surface area (Å²) < 4.78 is 15.1. The molecule has 0 unspecified atom stereocenters. The zero-order valence-corrected chi connectivity index (χ0v) is 12.7. The van der Waals surface area contributed by atoms with Gasteiger partial charge in [-0.05, 0) is 6.42 Å². The van der Waals surface area contributed by atoms with Gasteiger partial charge in [0.15, 0.2) is 0 Å². The second kappa shape index (κ2) is 10.3. The monoisotopic (exact) mass is 316 g/mol. The molecule has 2 amide bonds. The van der Waals surface area contributed by atoms with Gasteiger partial charge >= 0.3 is 6.16 Å². The average molecular weight is 316 g/mol. The number of nitrogens with zero attached hydrogens (tertiary/aromatic N) is 1. The summed E-state index contributed by atoms with van der Waals surface area (Å²) in [7, 11) is 3.33. The van der Waals surface area contributed by atoms with E-state index < -0.39 is 18.0 Å². The first-order valence-corrected chi connectivity index (χ1v) is 7.36. The van der Waals surface area contributed by atoms with Crippen LogP contribution in [0.2, 0.25) is 6.04 Å². The fraction of sp³-hybridized carbons (Fsp3) is 0.750. The highest BCUT2D eigenvalue weighted by molar-refractivity contribution is 6.08. The quantitative estimate of drug-likeness (QED) is 0.246. The van der Waals surface area contributed by atoms with Crippen LogP contribution in [-0.4, -0.2) is 66.3 Å². The minimum Gasteiger partial charge on any atom is -0.430 e. The molecule has 0 aromatic heterocycles. The third-order valence-corrected chi connectivity index (χ3v) is 2.81. The molecule has 3 radical (unpaired) electrons. The fourth-order valence-corrected chi connectivity index (χ4v) is 1.58. The van der Waals surface area contributed by atoms with Crippen LogP contribution in [-0.2, 0) is 28.6 Å². The molecule has 8 nitrogen and oxygen atoms in total. The number of hydrogen-bond donors (Lipinski definition) is 0. The summed E-state index contributed by atoms with van der Waals surface area (Å²) >= 11 is 0. The van der Waals surface area contributed by atoms with Crippen LogP contribution in [0, 0.1) is 0 Å². The molecule has 0 aliphatic carbocycles. The van der Waals surface area contributed by atoms with Gasteiger partial charge in [-0.2, -0.15) is 0 Å². The third-order valence-electron chi connectivity index (χ3n) is 2.46. The van der Waals surface area contributed by atoms with Crippen molar-refractivity contribution in [3.8, 4) is 0 Å². The van der Waals surface area contributed by atoms with Crippen LogP contribution in [0.5, 0.6) is 0 Å². The summed E-state index contributed by atoms with van der Waals surface area (Å²) in [5.74, 6) is -1.10. The molecule has 0 aromatic carbocycles. The summed E-state index contributed by atoms with van der Waals surface area (Å²) in [6.07, 6.45) is -0.0793. The third kappa shape index (κ3) is 7.21. The number of rotatable bonds is 10. The number of carbonyl (C=O) groups is 3. The molecule has 1 saturated heterocycles. The van der Waals surface area contributed by atoms with E-state index in [9.17, 15) is 14.4 Å². The van der Waals surface area contributed by atoms with Gasteiger partial charge in [-0.25, -0.2) is 4.79 Å². The molecule has 0 atom stereocenters. The zero-order valence-electron chi connectivity index (χ0n) is 11.7. The summed E-state index contributed by atoms with van der Waals surface area (Å²) in [5.41, 5.74) is 0. The summed E-state index contributed by atoms with van der Waals surface area (Å²) in [6.45, 7) is 1.67. The van der Waals surface area contributed by atoms with Gasteiger partial charge in [0, 0.05) is 29.7 Å². The second-order valence-corrected chi connectivity index (χ2v) is 4.60. The van der Waals surface area contributed by atoms with Crippen LogP contribution in [0.4, 0.5) is 4.79 Å². The van der Waals surface area contributed by atoms with Crippen molar-refractivity contribution in [1.29, 1.82) is 0 Å². The molecule has 0 spiro atoms. The lowest BCUT2D eigenvalue weighted by atomic mass is 10.4. The van der Waals surface area contributed by atoms with E-state index in [0.717, 1.165) is 12.5 Å². The minimum atomic E-state index is -1.10. The summed E-state index contributed by atoms with van der Waals surface area (Å²) in [6, 6.07) is 0.888. The maximum absolute atomic E-state index is 11.2. The van der Waals surface area contributed by atoms with E-state index in [2.05, 4.69) is 19.8 Å². The van der Waals surface area contributed by atoms with Crippen LogP contribution >= 0.6 is 0 Å². The molecule has 1 aliphatic heterocycles. The van der Waals surface area contributed by atoms with Crippen LogP contribution in [0.25, 0.3) is 0 Å². The Labute approximate surface area is 126 Å². The average Bonchev–Trinajstić information content (AvgIpc) is 2.77. The topological polar surface area (TPSA) is 91.4 Å². The van der Waals surface area contributed by atoms with Gasteiger partial charge in [-0.3, -0.25) is 14.4 Å². The number of carbonyl (C=O) groups excluding carboxylic acids is 3. The predicted octanol–water partition coefficient (Wildman–Crippen LogP) is 0.214. The first-order chi connectivity index (χ1) is 10.1. The maximum Gasteiger partial charge on any atom is 0.534 e. The smallest absolute Gasteiger partial charge is 0.430 e. The van der Waals surface area contributed by atoms with E-state index in [1.165, 1.54) is 0 Å². The Morgan fingerprint density at radius 3 is 2.19 bits per heavy atom. The zero-order chi connectivity index (χ0) is 15.5. The summed E-state index contributed by atoms with van der Waals surface area (Å²) in [5, 5.41) is 0.431. The lowest BCUT2D eigenvalue weighted by Crippen LogP contribution is -2.32. The molecule has 1 fully saturated rings. The number of imide groups is 1. The van der Waals surface area contributed by atoms with Gasteiger partial charge in [0.25, 0.3) is 11.8 Å². The van der Waals surface area contributed by atoms with E-state index in [1.807, 2.05) is 0 Å². The van der Waals surface area contributed by atoms with Gasteiger partial charge in [0.1, 0.15) is 6.61 Å². The molecule has 1 aliphatic rings. The first kappa shape index (κ1) is 17.6. The number of ether oxygens (including phenoxy) is 3. The Bertz CT molecular complexity index is 348. The SMILES string of the molecule is O=C(OCCOCCOCCC[Si])ON1C(=O)CCC1=O. The van der Waals surface area contributed by atoms with Gasteiger partial charge in [0.05, 0.1) is 19.8 Å². The highest BCUT2D eigenvalue weighted by Gasteiger charge is 2.33. The van der Waals surface area contributed by atoms with E-state index in [1.54, 1.807) is 0 Å². The van der Waals surface area contributed by atoms with Gasteiger partial charge in [-0.15, -0.1) is 0 Å². The van der Waals surface area contributed by atoms with Crippen LogP contribution < -0.4 is 0 Å². The Kier molecular flexibility index (Phi) is 8.63. The summed E-state index contributed by atoms with van der Waals surface area (Å²) in [4.78, 5) is 38.1. The normalized spacial score (nSPS) is 14.6. The number of hydrogen-bond acceptors (Lipinski definition) is 7. The van der Waals surface area contributed by atoms with Crippen LogP contribution in [0.1, 0.15) is 19.3 Å². The Morgan fingerprint density at radius 2 is 1.57 bits per heavy atom. The van der Waals surface area contributed by atoms with E-state index >= 15 is 0 Å². The Morgan fingerprint density at radius 1 is 1.00 bits per heavy atom. The number of hydroxylamine groups is 2. The molecule has 21 heavy (non-hydrogen) atoms. The molecular weight excluding hydrogens is 298 g/mol. The van der Waals surface area contributed by atoms with E-state index in [0.29, 0.717) is 24.9 Å². The van der Waals surface area contributed by atoms with Crippen molar-refractivity contribution in [3.05, 3.63) is 0 Å². The Balaban J connectivity index is 1.96. The predicted molar refractivity (Wildman–Crippen MR) is 70.3 cm³/mol. The molecule has 1 heterocycles.